The molecule has 2 aromatic rings. The number of piperidine rings is 1. The Kier molecular flexibility index (Phi) is 4.80. The molecular weight excluding hydrogens is 336 g/mol. The zero-order valence-corrected chi connectivity index (χ0v) is 16.1. The van der Waals surface area contributed by atoms with Gasteiger partial charge in [0.15, 0.2) is 0 Å². The van der Waals surface area contributed by atoms with Crippen molar-refractivity contribution in [3.63, 3.8) is 0 Å². The highest BCUT2D eigenvalue weighted by molar-refractivity contribution is 5.46. The third kappa shape index (κ3) is 3.52. The van der Waals surface area contributed by atoms with E-state index in [0.29, 0.717) is 11.3 Å². The largest absolute Gasteiger partial charge is 0.492 e. The molecule has 4 nitrogen and oxygen atoms in total. The van der Waals surface area contributed by atoms with Crippen LogP contribution >= 0.6 is 0 Å². The summed E-state index contributed by atoms with van der Waals surface area (Å²) >= 11 is 0. The molecule has 0 unspecified atom stereocenters. The quantitative estimate of drug-likeness (QED) is 0.815. The van der Waals surface area contributed by atoms with Gasteiger partial charge in [0.05, 0.1) is 18.3 Å². The first-order chi connectivity index (χ1) is 13.1. The average molecular weight is 362 g/mol. The second kappa shape index (κ2) is 7.25. The number of hydrogen-bond donors (Lipinski definition) is 0. The molecule has 0 atom stereocenters. The van der Waals surface area contributed by atoms with Crippen molar-refractivity contribution in [3.8, 4) is 17.6 Å². The van der Waals surface area contributed by atoms with Gasteiger partial charge >= 0.3 is 0 Å². The van der Waals surface area contributed by atoms with Gasteiger partial charge in [-0.05, 0) is 63.5 Å². The number of benzene rings is 2. The van der Waals surface area contributed by atoms with E-state index in [-0.39, 0.29) is 11.5 Å². The van der Waals surface area contributed by atoms with Crippen LogP contribution in [0, 0.1) is 11.3 Å². The molecule has 2 heterocycles. The maximum atomic E-state index is 9.44. The molecule has 1 fully saturated rings. The van der Waals surface area contributed by atoms with Gasteiger partial charge in [-0.1, -0.05) is 24.3 Å². The van der Waals surface area contributed by atoms with Gasteiger partial charge in [0.25, 0.3) is 0 Å². The number of para-hydroxylation sites is 1. The normalized spacial score (nSPS) is 18.1. The molecule has 1 saturated heterocycles. The lowest BCUT2D eigenvalue weighted by Crippen LogP contribution is -2.43. The van der Waals surface area contributed by atoms with Crippen molar-refractivity contribution in [2.24, 2.45) is 0 Å². The predicted molar refractivity (Wildman–Crippen MR) is 105 cm³/mol. The first-order valence-electron chi connectivity index (χ1n) is 9.74. The highest BCUT2D eigenvalue weighted by Crippen LogP contribution is 2.45. The monoisotopic (exact) mass is 362 g/mol. The van der Waals surface area contributed by atoms with Gasteiger partial charge in [-0.3, -0.25) is 4.90 Å². The molecular formula is C23H26N2O2. The van der Waals surface area contributed by atoms with Crippen molar-refractivity contribution in [1.82, 2.24) is 4.90 Å². The number of rotatable bonds is 4. The summed E-state index contributed by atoms with van der Waals surface area (Å²) in [6, 6.07) is 16.7. The minimum Gasteiger partial charge on any atom is -0.492 e. The van der Waals surface area contributed by atoms with Crippen LogP contribution in [0.3, 0.4) is 0 Å². The molecule has 2 aliphatic rings. The van der Waals surface area contributed by atoms with Crippen LogP contribution in [0.5, 0.6) is 11.5 Å². The van der Waals surface area contributed by atoms with Crippen molar-refractivity contribution in [2.75, 3.05) is 19.7 Å². The van der Waals surface area contributed by atoms with E-state index in [4.69, 9.17) is 9.47 Å². The lowest BCUT2D eigenvalue weighted by Gasteiger charge is -2.38. The van der Waals surface area contributed by atoms with Crippen LogP contribution in [0.2, 0.25) is 0 Å². The average Bonchev–Trinajstić information content (AvgIpc) is 3.03. The number of ether oxygens (including phenoxy) is 2. The minimum atomic E-state index is 0.0674. The fourth-order valence-electron chi connectivity index (χ4n) is 4.25. The lowest BCUT2D eigenvalue weighted by atomic mass is 9.74. The Morgan fingerprint density at radius 1 is 1.19 bits per heavy atom. The maximum Gasteiger partial charge on any atom is 0.137 e. The van der Waals surface area contributed by atoms with Crippen LogP contribution < -0.4 is 9.47 Å². The Balaban J connectivity index is 1.42. The highest BCUT2D eigenvalue weighted by Gasteiger charge is 2.42. The molecule has 0 bridgehead atoms. The molecule has 140 valence electrons. The molecule has 2 aromatic carbocycles. The van der Waals surface area contributed by atoms with Crippen molar-refractivity contribution in [2.45, 2.75) is 44.8 Å². The van der Waals surface area contributed by atoms with Crippen molar-refractivity contribution < 1.29 is 9.47 Å². The predicted octanol–water partition coefficient (Wildman–Crippen LogP) is 4.27. The van der Waals surface area contributed by atoms with Crippen molar-refractivity contribution in [3.05, 3.63) is 59.2 Å². The molecule has 0 aromatic heterocycles. The van der Waals surface area contributed by atoms with Gasteiger partial charge in [-0.2, -0.15) is 5.26 Å². The number of nitrogens with zero attached hydrogens (tertiary/aromatic N) is 2. The van der Waals surface area contributed by atoms with Crippen LogP contribution in [-0.2, 0) is 12.0 Å². The molecule has 1 spiro atoms. The fraction of sp³-hybridized carbons (Fsp3) is 0.435. The van der Waals surface area contributed by atoms with Gasteiger partial charge in [-0.15, -0.1) is 0 Å². The lowest BCUT2D eigenvalue weighted by molar-refractivity contribution is 0.130. The molecule has 0 saturated carbocycles. The van der Waals surface area contributed by atoms with Gasteiger partial charge in [0.2, 0.25) is 0 Å². The van der Waals surface area contributed by atoms with E-state index in [1.165, 1.54) is 11.1 Å². The second-order valence-corrected chi connectivity index (χ2v) is 7.95. The Morgan fingerprint density at radius 2 is 1.96 bits per heavy atom. The molecule has 0 N–H and O–H groups in total. The maximum absolute atomic E-state index is 9.44. The number of fused-ring (bicyclic) bond motifs is 2. The van der Waals surface area contributed by atoms with E-state index in [9.17, 15) is 5.26 Å². The smallest absolute Gasteiger partial charge is 0.137 e. The molecule has 27 heavy (non-hydrogen) atoms. The van der Waals surface area contributed by atoms with E-state index < -0.39 is 0 Å². The van der Waals surface area contributed by atoms with Crippen LogP contribution in [0.1, 0.15) is 43.4 Å². The Labute approximate surface area is 161 Å². The second-order valence-electron chi connectivity index (χ2n) is 7.95. The summed E-state index contributed by atoms with van der Waals surface area (Å²) in [6.07, 6.45) is 2.30. The molecule has 4 rings (SSSR count). The molecule has 4 heteroatoms. The van der Waals surface area contributed by atoms with Crippen molar-refractivity contribution in [1.29, 1.82) is 5.26 Å². The van der Waals surface area contributed by atoms with Crippen molar-refractivity contribution >= 4 is 0 Å². The minimum absolute atomic E-state index is 0.0674. The van der Waals surface area contributed by atoms with E-state index in [2.05, 4.69) is 35.2 Å². The van der Waals surface area contributed by atoms with E-state index >= 15 is 0 Å². The van der Waals surface area contributed by atoms with Crippen LogP contribution in [-0.4, -0.2) is 30.7 Å². The Bertz CT molecular complexity index is 861. The summed E-state index contributed by atoms with van der Waals surface area (Å²) in [5.74, 6) is 1.74. The zero-order valence-electron chi connectivity index (χ0n) is 16.1. The Hall–Kier alpha value is -2.51. The van der Waals surface area contributed by atoms with Crippen LogP contribution in [0.25, 0.3) is 0 Å². The standard InChI is InChI=1S/C23H26N2O2/c1-17(2)27-21-8-7-18(13-19(21)14-24)15-25-11-9-23(10-12-25)16-26-22-6-4-3-5-20(22)23/h3-8,13,17H,9-12,15-16H2,1-2H3. The van der Waals surface area contributed by atoms with E-state index in [0.717, 1.165) is 44.8 Å². The first-order valence-corrected chi connectivity index (χ1v) is 9.74. The molecule has 0 amide bonds. The van der Waals surface area contributed by atoms with E-state index in [1.807, 2.05) is 32.0 Å². The van der Waals surface area contributed by atoms with Gasteiger partial charge in [0.1, 0.15) is 17.6 Å². The number of hydrogen-bond acceptors (Lipinski definition) is 4. The molecule has 0 aliphatic carbocycles. The summed E-state index contributed by atoms with van der Waals surface area (Å²) in [6.45, 7) is 7.72. The van der Waals surface area contributed by atoms with Gasteiger partial charge in [0, 0.05) is 17.5 Å². The Morgan fingerprint density at radius 3 is 2.70 bits per heavy atom. The third-order valence-corrected chi connectivity index (χ3v) is 5.71. The number of nitriles is 1. The SMILES string of the molecule is CC(C)Oc1ccc(CN2CCC3(CC2)COc2ccccc23)cc1C#N. The fourth-order valence-corrected chi connectivity index (χ4v) is 4.25. The van der Waals surface area contributed by atoms with Gasteiger partial charge in [-0.25, -0.2) is 0 Å². The summed E-state index contributed by atoms with van der Waals surface area (Å²) in [5.41, 5.74) is 3.35. The molecule has 2 aliphatic heterocycles. The highest BCUT2D eigenvalue weighted by atomic mass is 16.5. The topological polar surface area (TPSA) is 45.5 Å². The van der Waals surface area contributed by atoms with Crippen LogP contribution in [0.4, 0.5) is 0 Å². The summed E-state index contributed by atoms with van der Waals surface area (Å²) in [7, 11) is 0. The van der Waals surface area contributed by atoms with Gasteiger partial charge < -0.3 is 9.47 Å². The third-order valence-electron chi connectivity index (χ3n) is 5.71. The van der Waals surface area contributed by atoms with Crippen LogP contribution in [0.15, 0.2) is 42.5 Å². The summed E-state index contributed by atoms with van der Waals surface area (Å²) in [5, 5.41) is 9.44. The first kappa shape index (κ1) is 17.9. The molecule has 0 radical (unpaired) electrons. The summed E-state index contributed by atoms with van der Waals surface area (Å²) in [4.78, 5) is 2.48. The summed E-state index contributed by atoms with van der Waals surface area (Å²) < 4.78 is 11.7. The number of likely N-dealkylation sites (tertiary alicyclic amines) is 1. The zero-order chi connectivity index (χ0) is 18.9. The van der Waals surface area contributed by atoms with E-state index in [1.54, 1.807) is 0 Å².